The fourth-order valence-corrected chi connectivity index (χ4v) is 2.64. The summed E-state index contributed by atoms with van der Waals surface area (Å²) in [6, 6.07) is 6.08. The van der Waals surface area contributed by atoms with Crippen molar-refractivity contribution in [1.29, 1.82) is 0 Å². The van der Waals surface area contributed by atoms with Gasteiger partial charge in [-0.15, -0.1) is 0 Å². The van der Waals surface area contributed by atoms with E-state index in [1.807, 2.05) is 12.1 Å². The van der Waals surface area contributed by atoms with E-state index >= 15 is 0 Å². The van der Waals surface area contributed by atoms with E-state index < -0.39 is 0 Å². The maximum Gasteiger partial charge on any atom is 0.138 e. The quantitative estimate of drug-likeness (QED) is 0.873. The molecule has 2 nitrogen and oxygen atoms in total. The second kappa shape index (κ2) is 4.18. The van der Waals surface area contributed by atoms with Crippen molar-refractivity contribution in [2.75, 3.05) is 13.2 Å². The minimum Gasteiger partial charge on any atom is -0.492 e. The van der Waals surface area contributed by atoms with Crippen LogP contribution in [0.4, 0.5) is 0 Å². The molecule has 2 aliphatic carbocycles. The second-order valence-electron chi connectivity index (χ2n) is 5.36. The zero-order chi connectivity index (χ0) is 11.9. The molecule has 0 amide bonds. The molecule has 92 valence electrons. The predicted octanol–water partition coefficient (Wildman–Crippen LogP) is 3.12. The van der Waals surface area contributed by atoms with Gasteiger partial charge in [-0.3, -0.25) is 0 Å². The molecule has 1 aromatic rings. The van der Waals surface area contributed by atoms with Crippen molar-refractivity contribution >= 4 is 11.6 Å². The van der Waals surface area contributed by atoms with Crippen LogP contribution in [-0.2, 0) is 5.41 Å². The Morgan fingerprint density at radius 1 is 1.35 bits per heavy atom. The van der Waals surface area contributed by atoms with Crippen LogP contribution in [0.5, 0.6) is 5.75 Å². The highest BCUT2D eigenvalue weighted by Crippen LogP contribution is 2.51. The molecule has 0 spiro atoms. The third kappa shape index (κ3) is 2.16. The first-order valence-corrected chi connectivity index (χ1v) is 6.75. The predicted molar refractivity (Wildman–Crippen MR) is 69.6 cm³/mol. The Morgan fingerprint density at radius 3 is 2.71 bits per heavy atom. The third-order valence-electron chi connectivity index (χ3n) is 3.95. The lowest BCUT2D eigenvalue weighted by atomic mass is 9.96. The molecule has 1 aromatic carbocycles. The van der Waals surface area contributed by atoms with Gasteiger partial charge in [-0.1, -0.05) is 23.7 Å². The number of rotatable bonds is 5. The van der Waals surface area contributed by atoms with Gasteiger partial charge in [-0.05, 0) is 43.2 Å². The third-order valence-corrected chi connectivity index (χ3v) is 4.34. The Kier molecular flexibility index (Phi) is 2.80. The highest BCUT2D eigenvalue weighted by atomic mass is 35.5. The lowest BCUT2D eigenvalue weighted by molar-refractivity contribution is 0.299. The Morgan fingerprint density at radius 2 is 2.12 bits per heavy atom. The summed E-state index contributed by atoms with van der Waals surface area (Å²) < 4.78 is 5.80. The molecule has 0 atom stereocenters. The zero-order valence-corrected chi connectivity index (χ0v) is 10.7. The topological polar surface area (TPSA) is 35.2 Å². The number of ether oxygens (including phenoxy) is 1. The van der Waals surface area contributed by atoms with Crippen LogP contribution in [0.15, 0.2) is 18.2 Å². The first-order valence-electron chi connectivity index (χ1n) is 6.37. The van der Waals surface area contributed by atoms with Crippen LogP contribution in [-0.4, -0.2) is 13.2 Å². The first-order chi connectivity index (χ1) is 8.25. The van der Waals surface area contributed by atoms with E-state index in [4.69, 9.17) is 22.1 Å². The molecule has 2 aliphatic rings. The van der Waals surface area contributed by atoms with E-state index in [9.17, 15) is 0 Å². The van der Waals surface area contributed by atoms with Gasteiger partial charge in [0, 0.05) is 12.0 Å². The van der Waals surface area contributed by atoms with Crippen LogP contribution < -0.4 is 10.5 Å². The van der Waals surface area contributed by atoms with E-state index in [-0.39, 0.29) is 5.41 Å². The molecule has 0 unspecified atom stereocenters. The van der Waals surface area contributed by atoms with Gasteiger partial charge in [-0.2, -0.15) is 0 Å². The maximum absolute atomic E-state index is 6.44. The van der Waals surface area contributed by atoms with Crippen molar-refractivity contribution in [1.82, 2.24) is 0 Å². The molecular formula is C14H18ClNO. The molecule has 2 saturated carbocycles. The van der Waals surface area contributed by atoms with Crippen LogP contribution in [0.3, 0.4) is 0 Å². The van der Waals surface area contributed by atoms with Gasteiger partial charge in [-0.25, -0.2) is 0 Å². The zero-order valence-electron chi connectivity index (χ0n) is 9.92. The lowest BCUT2D eigenvalue weighted by Crippen LogP contribution is -2.20. The largest absolute Gasteiger partial charge is 0.492 e. The van der Waals surface area contributed by atoms with Crippen molar-refractivity contribution in [3.05, 3.63) is 28.8 Å². The van der Waals surface area contributed by atoms with Crippen molar-refractivity contribution in [3.63, 3.8) is 0 Å². The van der Waals surface area contributed by atoms with Crippen molar-refractivity contribution in [3.8, 4) is 5.75 Å². The molecule has 3 heteroatoms. The molecule has 0 aromatic heterocycles. The average molecular weight is 252 g/mol. The van der Waals surface area contributed by atoms with Crippen LogP contribution in [0.25, 0.3) is 0 Å². The van der Waals surface area contributed by atoms with Gasteiger partial charge in [0.2, 0.25) is 0 Å². The molecule has 0 heterocycles. The van der Waals surface area contributed by atoms with E-state index in [1.165, 1.54) is 18.4 Å². The van der Waals surface area contributed by atoms with Gasteiger partial charge in [0.25, 0.3) is 0 Å². The van der Waals surface area contributed by atoms with Crippen LogP contribution in [0.1, 0.15) is 31.2 Å². The number of hydrogen-bond donors (Lipinski definition) is 1. The first kappa shape index (κ1) is 11.4. The summed E-state index contributed by atoms with van der Waals surface area (Å²) in [7, 11) is 0. The maximum atomic E-state index is 6.44. The Balaban J connectivity index is 1.81. The molecule has 0 aliphatic heterocycles. The van der Waals surface area contributed by atoms with Crippen LogP contribution in [0.2, 0.25) is 5.02 Å². The second-order valence-corrected chi connectivity index (χ2v) is 5.73. The summed E-state index contributed by atoms with van der Waals surface area (Å²) in [5.74, 6) is 1.58. The highest BCUT2D eigenvalue weighted by Gasteiger charge is 2.44. The van der Waals surface area contributed by atoms with E-state index in [0.717, 1.165) is 36.1 Å². The van der Waals surface area contributed by atoms with Crippen molar-refractivity contribution in [2.24, 2.45) is 11.7 Å². The van der Waals surface area contributed by atoms with Gasteiger partial charge in [0.15, 0.2) is 0 Å². The minimum absolute atomic E-state index is 0.135. The molecular weight excluding hydrogens is 234 g/mol. The number of hydrogen-bond acceptors (Lipinski definition) is 2. The molecule has 0 radical (unpaired) electrons. The number of nitrogens with two attached hydrogens (primary N) is 1. The van der Waals surface area contributed by atoms with Gasteiger partial charge >= 0.3 is 0 Å². The summed E-state index contributed by atoms with van der Waals surface area (Å²) in [6.07, 6.45) is 4.89. The smallest absolute Gasteiger partial charge is 0.138 e. The van der Waals surface area contributed by atoms with Gasteiger partial charge < -0.3 is 10.5 Å². The van der Waals surface area contributed by atoms with Crippen LogP contribution >= 0.6 is 11.6 Å². The summed E-state index contributed by atoms with van der Waals surface area (Å²) in [4.78, 5) is 0. The van der Waals surface area contributed by atoms with Gasteiger partial charge in [0.1, 0.15) is 5.75 Å². The average Bonchev–Trinajstić information content (AvgIpc) is 3.23. The summed E-state index contributed by atoms with van der Waals surface area (Å²) in [5.41, 5.74) is 7.16. The summed E-state index contributed by atoms with van der Waals surface area (Å²) in [5, 5.41) is 0.774. The minimum atomic E-state index is 0.135. The lowest BCUT2D eigenvalue weighted by Gasteiger charge is -2.17. The highest BCUT2D eigenvalue weighted by molar-refractivity contribution is 6.33. The number of benzene rings is 1. The SMILES string of the molecule is NCC1(c2cccc(OCC3CC3)c2Cl)CC1. The fourth-order valence-electron chi connectivity index (χ4n) is 2.26. The summed E-state index contributed by atoms with van der Waals surface area (Å²) in [6.45, 7) is 1.48. The Hall–Kier alpha value is -0.730. The molecule has 2 fully saturated rings. The fraction of sp³-hybridized carbons (Fsp3) is 0.571. The molecule has 3 rings (SSSR count). The molecule has 2 N–H and O–H groups in total. The van der Waals surface area contributed by atoms with Gasteiger partial charge in [0.05, 0.1) is 11.6 Å². The monoisotopic (exact) mass is 251 g/mol. The van der Waals surface area contributed by atoms with E-state index in [2.05, 4.69) is 6.07 Å². The van der Waals surface area contributed by atoms with Crippen LogP contribution in [0, 0.1) is 5.92 Å². The Bertz CT molecular complexity index is 424. The normalized spacial score (nSPS) is 21.3. The number of halogens is 1. The Labute approximate surface area is 107 Å². The van der Waals surface area contributed by atoms with E-state index in [1.54, 1.807) is 0 Å². The van der Waals surface area contributed by atoms with Crippen molar-refractivity contribution in [2.45, 2.75) is 31.1 Å². The standard InChI is InChI=1S/C14H18ClNO/c15-13-11(14(9-16)6-7-14)2-1-3-12(13)17-8-10-4-5-10/h1-3,10H,4-9,16H2. The van der Waals surface area contributed by atoms with E-state index in [0.29, 0.717) is 6.54 Å². The molecule has 0 saturated heterocycles. The molecule has 17 heavy (non-hydrogen) atoms. The summed E-state index contributed by atoms with van der Waals surface area (Å²) >= 11 is 6.44. The van der Waals surface area contributed by atoms with Crippen molar-refractivity contribution < 1.29 is 4.74 Å². The molecule has 0 bridgehead atoms.